The summed E-state index contributed by atoms with van der Waals surface area (Å²) in [6.45, 7) is 7.21. The Morgan fingerprint density at radius 1 is 1.21 bits per heavy atom. The number of amides is 1. The van der Waals surface area contributed by atoms with Crippen molar-refractivity contribution in [1.82, 2.24) is 15.5 Å². The third-order valence-corrected chi connectivity index (χ3v) is 3.97. The SMILES string of the molecule is CCCCCNC(=O)CCc1nc(-c2ccc(C(C)C)cc2)no1. The summed E-state index contributed by atoms with van der Waals surface area (Å²) in [4.78, 5) is 16.1. The molecule has 0 aliphatic carbocycles. The van der Waals surface area contributed by atoms with Gasteiger partial charge in [0.25, 0.3) is 0 Å². The molecule has 24 heavy (non-hydrogen) atoms. The van der Waals surface area contributed by atoms with Crippen molar-refractivity contribution in [1.29, 1.82) is 0 Å². The Bertz CT molecular complexity index is 632. The van der Waals surface area contributed by atoms with Crippen molar-refractivity contribution in [3.63, 3.8) is 0 Å². The maximum Gasteiger partial charge on any atom is 0.227 e. The fourth-order valence-electron chi connectivity index (χ4n) is 2.40. The first-order valence-electron chi connectivity index (χ1n) is 8.79. The lowest BCUT2D eigenvalue weighted by atomic mass is 10.0. The molecule has 2 aromatic rings. The number of unbranched alkanes of at least 4 members (excludes halogenated alkanes) is 2. The van der Waals surface area contributed by atoms with Crippen molar-refractivity contribution in [2.45, 2.75) is 58.8 Å². The van der Waals surface area contributed by atoms with Crippen LogP contribution >= 0.6 is 0 Å². The lowest BCUT2D eigenvalue weighted by Crippen LogP contribution is -2.24. The number of nitrogens with zero attached hydrogens (tertiary/aromatic N) is 2. The van der Waals surface area contributed by atoms with Crippen molar-refractivity contribution in [2.75, 3.05) is 6.54 Å². The number of hydrogen-bond donors (Lipinski definition) is 1. The Hall–Kier alpha value is -2.17. The van der Waals surface area contributed by atoms with Crippen LogP contribution in [-0.2, 0) is 11.2 Å². The van der Waals surface area contributed by atoms with E-state index in [1.54, 1.807) is 0 Å². The monoisotopic (exact) mass is 329 g/mol. The van der Waals surface area contributed by atoms with E-state index in [0.29, 0.717) is 30.5 Å². The molecule has 0 spiro atoms. The number of aromatic nitrogens is 2. The van der Waals surface area contributed by atoms with Gasteiger partial charge in [0.15, 0.2) is 0 Å². The van der Waals surface area contributed by atoms with Crippen LogP contribution in [0.1, 0.15) is 63.8 Å². The number of nitrogens with one attached hydrogen (secondary N) is 1. The molecule has 0 fully saturated rings. The maximum atomic E-state index is 11.8. The molecule has 1 aromatic heterocycles. The van der Waals surface area contributed by atoms with Gasteiger partial charge in [-0.1, -0.05) is 63.0 Å². The molecule has 1 heterocycles. The molecule has 0 aliphatic rings. The normalized spacial score (nSPS) is 11.0. The standard InChI is InChI=1S/C19H27N3O2/c1-4-5-6-13-20-17(23)11-12-18-21-19(22-24-18)16-9-7-15(8-10-16)14(2)3/h7-10,14H,4-6,11-13H2,1-3H3,(H,20,23). The molecule has 130 valence electrons. The van der Waals surface area contributed by atoms with Crippen LogP contribution in [-0.4, -0.2) is 22.6 Å². The third-order valence-electron chi connectivity index (χ3n) is 3.97. The summed E-state index contributed by atoms with van der Waals surface area (Å²) in [5.41, 5.74) is 2.21. The van der Waals surface area contributed by atoms with Crippen LogP contribution in [0.3, 0.4) is 0 Å². The van der Waals surface area contributed by atoms with Gasteiger partial charge in [-0.05, 0) is 17.9 Å². The van der Waals surface area contributed by atoms with Gasteiger partial charge in [0, 0.05) is 24.9 Å². The quantitative estimate of drug-likeness (QED) is 0.703. The summed E-state index contributed by atoms with van der Waals surface area (Å²) in [6.07, 6.45) is 4.16. The van der Waals surface area contributed by atoms with Crippen molar-refractivity contribution >= 4 is 5.91 Å². The summed E-state index contributed by atoms with van der Waals surface area (Å²) in [6, 6.07) is 8.17. The highest BCUT2D eigenvalue weighted by Crippen LogP contribution is 2.20. The molecule has 0 aliphatic heterocycles. The van der Waals surface area contributed by atoms with Crippen molar-refractivity contribution in [3.05, 3.63) is 35.7 Å². The molecule has 0 atom stereocenters. The smallest absolute Gasteiger partial charge is 0.227 e. The molecular weight excluding hydrogens is 302 g/mol. The van der Waals surface area contributed by atoms with E-state index in [4.69, 9.17) is 4.52 Å². The lowest BCUT2D eigenvalue weighted by molar-refractivity contribution is -0.121. The minimum atomic E-state index is 0.0344. The van der Waals surface area contributed by atoms with Crippen molar-refractivity contribution in [3.8, 4) is 11.4 Å². The fraction of sp³-hybridized carbons (Fsp3) is 0.526. The molecular formula is C19H27N3O2. The lowest BCUT2D eigenvalue weighted by Gasteiger charge is -2.04. The van der Waals surface area contributed by atoms with E-state index in [1.807, 2.05) is 12.1 Å². The Balaban J connectivity index is 1.83. The molecule has 5 heteroatoms. The summed E-state index contributed by atoms with van der Waals surface area (Å²) in [5.74, 6) is 1.60. The first-order valence-corrected chi connectivity index (χ1v) is 8.79. The molecule has 0 unspecified atom stereocenters. The highest BCUT2D eigenvalue weighted by molar-refractivity contribution is 5.75. The molecule has 1 aromatic carbocycles. The second-order valence-corrected chi connectivity index (χ2v) is 6.35. The first kappa shape index (κ1) is 18.2. The van der Waals surface area contributed by atoms with Gasteiger partial charge in [0.1, 0.15) is 0 Å². The van der Waals surface area contributed by atoms with E-state index < -0.39 is 0 Å². The largest absolute Gasteiger partial charge is 0.356 e. The number of carbonyl (C=O) groups excluding carboxylic acids is 1. The summed E-state index contributed by atoms with van der Waals surface area (Å²) >= 11 is 0. The highest BCUT2D eigenvalue weighted by atomic mass is 16.5. The fourth-order valence-corrected chi connectivity index (χ4v) is 2.40. The zero-order chi connectivity index (χ0) is 17.4. The van der Waals surface area contributed by atoms with Gasteiger partial charge in [-0.25, -0.2) is 0 Å². The molecule has 0 radical (unpaired) electrons. The molecule has 0 bridgehead atoms. The topological polar surface area (TPSA) is 68.0 Å². The second-order valence-electron chi connectivity index (χ2n) is 6.35. The van der Waals surface area contributed by atoms with Crippen LogP contribution < -0.4 is 5.32 Å². The van der Waals surface area contributed by atoms with Crippen molar-refractivity contribution < 1.29 is 9.32 Å². The van der Waals surface area contributed by atoms with E-state index in [1.165, 1.54) is 5.56 Å². The predicted molar refractivity (Wildman–Crippen MR) is 94.7 cm³/mol. The van der Waals surface area contributed by atoms with E-state index in [-0.39, 0.29) is 5.91 Å². The number of aryl methyl sites for hydroxylation is 1. The van der Waals surface area contributed by atoms with Gasteiger partial charge >= 0.3 is 0 Å². The second kappa shape index (κ2) is 9.21. The minimum absolute atomic E-state index is 0.0344. The Morgan fingerprint density at radius 2 is 1.96 bits per heavy atom. The summed E-state index contributed by atoms with van der Waals surface area (Å²) in [7, 11) is 0. The highest BCUT2D eigenvalue weighted by Gasteiger charge is 2.11. The Labute approximate surface area is 143 Å². The van der Waals surface area contributed by atoms with Crippen molar-refractivity contribution in [2.24, 2.45) is 0 Å². The Kier molecular flexibility index (Phi) is 6.97. The number of hydrogen-bond acceptors (Lipinski definition) is 4. The van der Waals surface area contributed by atoms with Gasteiger partial charge in [-0.15, -0.1) is 0 Å². The van der Waals surface area contributed by atoms with Gasteiger partial charge in [-0.3, -0.25) is 4.79 Å². The molecule has 2 rings (SSSR count). The first-order chi connectivity index (χ1) is 11.6. The summed E-state index contributed by atoms with van der Waals surface area (Å²) < 4.78 is 5.25. The molecule has 0 saturated carbocycles. The Morgan fingerprint density at radius 3 is 2.62 bits per heavy atom. The van der Waals surface area contributed by atoms with Crippen LogP contribution in [0, 0.1) is 0 Å². The van der Waals surface area contributed by atoms with E-state index in [2.05, 4.69) is 48.4 Å². The molecule has 1 N–H and O–H groups in total. The molecule has 1 amide bonds. The van der Waals surface area contributed by atoms with Crippen LogP contribution in [0.15, 0.2) is 28.8 Å². The maximum absolute atomic E-state index is 11.8. The average Bonchev–Trinajstić information content (AvgIpc) is 3.06. The molecule has 5 nitrogen and oxygen atoms in total. The molecule has 0 saturated heterocycles. The van der Waals surface area contributed by atoms with E-state index >= 15 is 0 Å². The van der Waals surface area contributed by atoms with Gasteiger partial charge < -0.3 is 9.84 Å². The van der Waals surface area contributed by atoms with E-state index in [9.17, 15) is 4.79 Å². The zero-order valence-electron chi connectivity index (χ0n) is 14.8. The minimum Gasteiger partial charge on any atom is -0.356 e. The summed E-state index contributed by atoms with van der Waals surface area (Å²) in [5, 5.41) is 6.92. The number of carbonyl (C=O) groups is 1. The van der Waals surface area contributed by atoms with Crippen LogP contribution in [0.5, 0.6) is 0 Å². The van der Waals surface area contributed by atoms with Gasteiger partial charge in [0.2, 0.25) is 17.6 Å². The third kappa shape index (κ3) is 5.48. The van der Waals surface area contributed by atoms with Crippen LogP contribution in [0.25, 0.3) is 11.4 Å². The number of benzene rings is 1. The van der Waals surface area contributed by atoms with Crippen LogP contribution in [0.4, 0.5) is 0 Å². The van der Waals surface area contributed by atoms with Gasteiger partial charge in [0.05, 0.1) is 0 Å². The number of rotatable bonds is 9. The van der Waals surface area contributed by atoms with Crippen LogP contribution in [0.2, 0.25) is 0 Å². The van der Waals surface area contributed by atoms with E-state index in [0.717, 1.165) is 31.4 Å². The predicted octanol–water partition coefficient (Wildman–Crippen LogP) is 4.10. The van der Waals surface area contributed by atoms with Gasteiger partial charge in [-0.2, -0.15) is 4.98 Å². The zero-order valence-corrected chi connectivity index (χ0v) is 14.8. The average molecular weight is 329 g/mol.